The van der Waals surface area contributed by atoms with Crippen LogP contribution in [0.15, 0.2) is 18.2 Å². The molecule has 0 aliphatic rings. The van der Waals surface area contributed by atoms with E-state index >= 15 is 0 Å². The van der Waals surface area contributed by atoms with Crippen molar-refractivity contribution in [3.05, 3.63) is 29.3 Å². The van der Waals surface area contributed by atoms with Crippen molar-refractivity contribution >= 4 is 0 Å². The van der Waals surface area contributed by atoms with Gasteiger partial charge in [0.15, 0.2) is 0 Å². The molecule has 0 saturated heterocycles. The van der Waals surface area contributed by atoms with Gasteiger partial charge in [0.2, 0.25) is 0 Å². The minimum absolute atomic E-state index is 0.134. The van der Waals surface area contributed by atoms with Crippen molar-refractivity contribution in [2.45, 2.75) is 20.4 Å². The average molecular weight is 248 g/mol. The van der Waals surface area contributed by atoms with Gasteiger partial charge >= 0.3 is 0 Å². The number of methoxy groups -OCH3 is 1. The van der Waals surface area contributed by atoms with Gasteiger partial charge in [-0.1, -0.05) is 19.9 Å². The molecule has 1 aromatic rings. The van der Waals surface area contributed by atoms with Crippen LogP contribution in [0, 0.1) is 16.7 Å². The highest BCUT2D eigenvalue weighted by Gasteiger charge is 2.15. The molecule has 0 atom stereocenters. The summed E-state index contributed by atoms with van der Waals surface area (Å²) < 4.78 is 5.09. The molecule has 1 aromatic carbocycles. The lowest BCUT2D eigenvalue weighted by Crippen LogP contribution is -2.31. The van der Waals surface area contributed by atoms with Crippen LogP contribution in [-0.2, 0) is 6.54 Å². The lowest BCUT2D eigenvalue weighted by atomic mass is 9.95. The first kappa shape index (κ1) is 14.5. The molecule has 0 unspecified atom stereocenters. The first-order valence-electron chi connectivity index (χ1n) is 5.91. The van der Waals surface area contributed by atoms with E-state index in [2.05, 4.69) is 11.4 Å². The van der Waals surface area contributed by atoms with Gasteiger partial charge in [-0.25, -0.2) is 0 Å². The number of ether oxygens (including phenoxy) is 1. The van der Waals surface area contributed by atoms with Crippen molar-refractivity contribution in [3.8, 4) is 11.8 Å². The van der Waals surface area contributed by atoms with Gasteiger partial charge in [0.25, 0.3) is 0 Å². The van der Waals surface area contributed by atoms with Gasteiger partial charge in [-0.3, -0.25) is 0 Å². The number of nitrogens with one attached hydrogen (secondary N) is 1. The molecule has 4 heteroatoms. The van der Waals surface area contributed by atoms with Gasteiger partial charge in [-0.2, -0.15) is 5.26 Å². The van der Waals surface area contributed by atoms with E-state index in [1.807, 2.05) is 26.0 Å². The van der Waals surface area contributed by atoms with Crippen molar-refractivity contribution in [2.75, 3.05) is 20.3 Å². The number of nitriles is 1. The number of benzene rings is 1. The van der Waals surface area contributed by atoms with E-state index in [0.29, 0.717) is 17.9 Å². The fourth-order valence-electron chi connectivity index (χ4n) is 1.55. The molecular weight excluding hydrogens is 228 g/mol. The molecule has 0 aliphatic carbocycles. The van der Waals surface area contributed by atoms with Crippen LogP contribution in [0.3, 0.4) is 0 Å². The molecule has 1 rings (SSSR count). The molecule has 0 radical (unpaired) electrons. The Labute approximate surface area is 108 Å². The Hall–Kier alpha value is -1.57. The maximum absolute atomic E-state index is 9.14. The van der Waals surface area contributed by atoms with Gasteiger partial charge in [0.05, 0.1) is 12.7 Å². The Morgan fingerprint density at radius 2 is 2.17 bits per heavy atom. The fourth-order valence-corrected chi connectivity index (χ4v) is 1.55. The van der Waals surface area contributed by atoms with E-state index in [0.717, 1.165) is 12.1 Å². The molecule has 0 amide bonds. The van der Waals surface area contributed by atoms with Crippen LogP contribution in [0.2, 0.25) is 0 Å². The number of rotatable bonds is 6. The van der Waals surface area contributed by atoms with Gasteiger partial charge in [0.1, 0.15) is 11.8 Å². The molecule has 0 saturated carbocycles. The largest absolute Gasteiger partial charge is 0.495 e. The maximum Gasteiger partial charge on any atom is 0.136 e. The molecule has 2 N–H and O–H groups in total. The monoisotopic (exact) mass is 248 g/mol. The molecule has 0 aliphatic heterocycles. The Kier molecular flexibility index (Phi) is 5.14. The predicted octanol–water partition coefficient (Wildman–Crippen LogP) is 1.67. The smallest absolute Gasteiger partial charge is 0.136 e. The number of hydrogen-bond acceptors (Lipinski definition) is 4. The van der Waals surface area contributed by atoms with Crippen molar-refractivity contribution in [1.29, 1.82) is 5.26 Å². The summed E-state index contributed by atoms with van der Waals surface area (Å²) in [6.45, 7) is 5.52. The molecule has 0 fully saturated rings. The van der Waals surface area contributed by atoms with Gasteiger partial charge in [-0.15, -0.1) is 0 Å². The third-order valence-electron chi connectivity index (χ3n) is 2.75. The van der Waals surface area contributed by atoms with Crippen LogP contribution in [0.25, 0.3) is 0 Å². The highest BCUT2D eigenvalue weighted by Crippen LogP contribution is 2.19. The average Bonchev–Trinajstić information content (AvgIpc) is 2.38. The van der Waals surface area contributed by atoms with Crippen LogP contribution in [0.1, 0.15) is 25.0 Å². The third-order valence-corrected chi connectivity index (χ3v) is 2.75. The standard InChI is InChI=1S/C14H20N2O2/c1-14(2,10-17)9-16-8-11-4-5-13(18-3)12(6-11)7-15/h4-6,16-17H,8-10H2,1-3H3. The van der Waals surface area contributed by atoms with Gasteiger partial charge < -0.3 is 15.2 Å². The zero-order valence-electron chi connectivity index (χ0n) is 11.2. The molecule has 98 valence electrons. The Bertz CT molecular complexity index is 436. The van der Waals surface area contributed by atoms with E-state index in [4.69, 9.17) is 15.1 Å². The first-order chi connectivity index (χ1) is 8.52. The zero-order chi connectivity index (χ0) is 13.6. The van der Waals surface area contributed by atoms with E-state index in [-0.39, 0.29) is 12.0 Å². The van der Waals surface area contributed by atoms with Gasteiger partial charge in [-0.05, 0) is 17.7 Å². The summed E-state index contributed by atoms with van der Waals surface area (Å²) in [5.41, 5.74) is 1.43. The van der Waals surface area contributed by atoms with Crippen molar-refractivity contribution in [2.24, 2.45) is 5.41 Å². The second-order valence-electron chi connectivity index (χ2n) is 5.07. The van der Waals surface area contributed by atoms with E-state index in [9.17, 15) is 0 Å². The van der Waals surface area contributed by atoms with E-state index < -0.39 is 0 Å². The zero-order valence-corrected chi connectivity index (χ0v) is 11.2. The topological polar surface area (TPSA) is 65.3 Å². The van der Waals surface area contributed by atoms with Crippen molar-refractivity contribution in [1.82, 2.24) is 5.32 Å². The quantitative estimate of drug-likeness (QED) is 0.804. The molecule has 0 spiro atoms. The highest BCUT2D eigenvalue weighted by molar-refractivity contribution is 5.45. The number of nitrogens with zero attached hydrogens (tertiary/aromatic N) is 1. The second-order valence-corrected chi connectivity index (χ2v) is 5.07. The molecule has 0 bridgehead atoms. The Balaban J connectivity index is 2.62. The molecule has 0 aromatic heterocycles. The SMILES string of the molecule is COc1ccc(CNCC(C)(C)CO)cc1C#N. The first-order valence-corrected chi connectivity index (χ1v) is 5.91. The lowest BCUT2D eigenvalue weighted by Gasteiger charge is -2.22. The summed E-state index contributed by atoms with van der Waals surface area (Å²) >= 11 is 0. The van der Waals surface area contributed by atoms with Crippen molar-refractivity contribution < 1.29 is 9.84 Å². The summed E-state index contributed by atoms with van der Waals surface area (Å²) in [6, 6.07) is 7.66. The molecule has 0 heterocycles. The van der Waals surface area contributed by atoms with Crippen LogP contribution in [0.5, 0.6) is 5.75 Å². The predicted molar refractivity (Wildman–Crippen MR) is 70.3 cm³/mol. The maximum atomic E-state index is 9.14. The summed E-state index contributed by atoms with van der Waals surface area (Å²) in [5.74, 6) is 0.594. The Morgan fingerprint density at radius 3 is 2.72 bits per heavy atom. The highest BCUT2D eigenvalue weighted by atomic mass is 16.5. The van der Waals surface area contributed by atoms with E-state index in [1.165, 1.54) is 0 Å². The van der Waals surface area contributed by atoms with Crippen LogP contribution < -0.4 is 10.1 Å². The lowest BCUT2D eigenvalue weighted by molar-refractivity contribution is 0.156. The number of aliphatic hydroxyl groups excluding tert-OH is 1. The minimum Gasteiger partial charge on any atom is -0.495 e. The summed E-state index contributed by atoms with van der Waals surface area (Å²) in [6.07, 6.45) is 0. The minimum atomic E-state index is -0.134. The van der Waals surface area contributed by atoms with Gasteiger partial charge in [0, 0.05) is 25.1 Å². The number of aliphatic hydroxyl groups is 1. The summed E-state index contributed by atoms with van der Waals surface area (Å²) in [5, 5.41) is 21.4. The van der Waals surface area contributed by atoms with Crippen molar-refractivity contribution in [3.63, 3.8) is 0 Å². The van der Waals surface area contributed by atoms with Crippen LogP contribution >= 0.6 is 0 Å². The Morgan fingerprint density at radius 1 is 1.44 bits per heavy atom. The van der Waals surface area contributed by atoms with E-state index in [1.54, 1.807) is 13.2 Å². The second kappa shape index (κ2) is 6.39. The van der Waals surface area contributed by atoms with Crippen LogP contribution in [-0.4, -0.2) is 25.4 Å². The third kappa shape index (κ3) is 4.02. The summed E-state index contributed by atoms with van der Waals surface area (Å²) in [4.78, 5) is 0. The van der Waals surface area contributed by atoms with Crippen LogP contribution in [0.4, 0.5) is 0 Å². The fraction of sp³-hybridized carbons (Fsp3) is 0.500. The normalized spacial score (nSPS) is 11.1. The summed E-state index contributed by atoms with van der Waals surface area (Å²) in [7, 11) is 1.55. The number of hydrogen-bond donors (Lipinski definition) is 2. The molecular formula is C14H20N2O2. The molecule has 4 nitrogen and oxygen atoms in total. The molecule has 18 heavy (non-hydrogen) atoms.